The van der Waals surface area contributed by atoms with Gasteiger partial charge in [0.2, 0.25) is 5.88 Å². The molecule has 0 unspecified atom stereocenters. The largest absolute Gasteiger partial charge is 0.493 e. The molecule has 0 saturated heterocycles. The lowest BCUT2D eigenvalue weighted by atomic mass is 9.89. The van der Waals surface area contributed by atoms with Crippen LogP contribution in [0.15, 0.2) is 41.6 Å². The lowest BCUT2D eigenvalue weighted by Gasteiger charge is -2.21. The standard InChI is InChI=1S/C17H15N3O2/c21-17-16(20-22)13-8-12(10-4-2-1-3-5-10)11-6-7-18-9-14(11)15(13)19-17/h1-5,8,18-19,21H,6-7,9H2. The fourth-order valence-corrected chi connectivity index (χ4v) is 3.29. The van der Waals surface area contributed by atoms with Gasteiger partial charge in [0, 0.05) is 11.9 Å². The zero-order chi connectivity index (χ0) is 15.1. The molecule has 0 bridgehead atoms. The van der Waals surface area contributed by atoms with Gasteiger partial charge in [-0.3, -0.25) is 0 Å². The Bertz CT molecular complexity index is 869. The molecular formula is C17H15N3O2. The minimum atomic E-state index is -0.164. The monoisotopic (exact) mass is 293 g/mol. The normalized spacial score (nSPS) is 14.0. The van der Waals surface area contributed by atoms with Crippen LogP contribution in [-0.4, -0.2) is 16.6 Å². The van der Waals surface area contributed by atoms with Crippen LogP contribution in [0.1, 0.15) is 11.1 Å². The Hall–Kier alpha value is -2.66. The predicted octanol–water partition coefficient (Wildman–Crippen LogP) is 3.58. The Morgan fingerprint density at radius 3 is 2.73 bits per heavy atom. The first kappa shape index (κ1) is 13.0. The fourth-order valence-electron chi connectivity index (χ4n) is 3.29. The highest BCUT2D eigenvalue weighted by atomic mass is 16.3. The molecule has 5 heteroatoms. The first-order chi connectivity index (χ1) is 10.8. The molecule has 2 heterocycles. The van der Waals surface area contributed by atoms with E-state index in [0.717, 1.165) is 35.2 Å². The van der Waals surface area contributed by atoms with E-state index in [4.69, 9.17) is 0 Å². The van der Waals surface area contributed by atoms with Crippen LogP contribution in [-0.2, 0) is 13.0 Å². The molecule has 22 heavy (non-hydrogen) atoms. The summed E-state index contributed by atoms with van der Waals surface area (Å²) in [5, 5.41) is 16.9. The second-order valence-electron chi connectivity index (χ2n) is 5.51. The maximum Gasteiger partial charge on any atom is 0.219 e. The summed E-state index contributed by atoms with van der Waals surface area (Å²) in [4.78, 5) is 14.0. The van der Waals surface area contributed by atoms with Crippen molar-refractivity contribution in [2.75, 3.05) is 6.54 Å². The zero-order valence-corrected chi connectivity index (χ0v) is 11.9. The molecule has 0 atom stereocenters. The summed E-state index contributed by atoms with van der Waals surface area (Å²) in [6.45, 7) is 1.63. The molecule has 110 valence electrons. The summed E-state index contributed by atoms with van der Waals surface area (Å²) in [5.41, 5.74) is 5.46. The van der Waals surface area contributed by atoms with Gasteiger partial charge in [0.25, 0.3) is 0 Å². The number of nitroso groups, excluding NO2 is 1. The predicted molar refractivity (Wildman–Crippen MR) is 86.3 cm³/mol. The molecule has 1 aromatic heterocycles. The molecule has 0 amide bonds. The van der Waals surface area contributed by atoms with Gasteiger partial charge in [-0.15, -0.1) is 4.91 Å². The van der Waals surface area contributed by atoms with Gasteiger partial charge in [-0.1, -0.05) is 30.3 Å². The molecule has 4 rings (SSSR count). The number of hydrogen-bond acceptors (Lipinski definition) is 4. The van der Waals surface area contributed by atoms with E-state index in [9.17, 15) is 10.0 Å². The summed E-state index contributed by atoms with van der Waals surface area (Å²) in [6, 6.07) is 12.1. The number of fused-ring (bicyclic) bond motifs is 3. The van der Waals surface area contributed by atoms with E-state index < -0.39 is 0 Å². The third-order valence-electron chi connectivity index (χ3n) is 4.30. The molecule has 0 saturated carbocycles. The average molecular weight is 293 g/mol. The first-order valence-electron chi connectivity index (χ1n) is 7.28. The first-order valence-corrected chi connectivity index (χ1v) is 7.28. The lowest BCUT2D eigenvalue weighted by Crippen LogP contribution is -2.24. The van der Waals surface area contributed by atoms with Crippen LogP contribution in [0.25, 0.3) is 22.0 Å². The lowest BCUT2D eigenvalue weighted by molar-refractivity contribution is 0.459. The molecule has 0 fully saturated rings. The van der Waals surface area contributed by atoms with E-state index in [1.807, 2.05) is 24.3 Å². The molecule has 5 nitrogen and oxygen atoms in total. The molecule has 3 aromatic rings. The molecule has 0 radical (unpaired) electrons. The average Bonchev–Trinajstić information content (AvgIpc) is 2.90. The second-order valence-corrected chi connectivity index (χ2v) is 5.51. The van der Waals surface area contributed by atoms with Gasteiger partial charge >= 0.3 is 0 Å². The number of aromatic hydroxyl groups is 1. The van der Waals surface area contributed by atoms with Gasteiger partial charge in [0.15, 0.2) is 5.69 Å². The van der Waals surface area contributed by atoms with E-state index in [2.05, 4.69) is 27.6 Å². The highest BCUT2D eigenvalue weighted by Crippen LogP contribution is 2.42. The third kappa shape index (κ3) is 1.83. The van der Waals surface area contributed by atoms with Crippen molar-refractivity contribution in [3.63, 3.8) is 0 Å². The summed E-state index contributed by atoms with van der Waals surface area (Å²) < 4.78 is 0. The van der Waals surface area contributed by atoms with Gasteiger partial charge < -0.3 is 15.4 Å². The third-order valence-corrected chi connectivity index (χ3v) is 4.30. The smallest absolute Gasteiger partial charge is 0.219 e. The Morgan fingerprint density at radius 2 is 1.95 bits per heavy atom. The highest BCUT2D eigenvalue weighted by molar-refractivity contribution is 6.00. The summed E-state index contributed by atoms with van der Waals surface area (Å²) in [7, 11) is 0. The maximum absolute atomic E-state index is 11.1. The van der Waals surface area contributed by atoms with Crippen LogP contribution in [0.3, 0.4) is 0 Å². The molecule has 1 aliphatic heterocycles. The van der Waals surface area contributed by atoms with E-state index in [1.54, 1.807) is 0 Å². The Balaban J connectivity index is 2.10. The molecular weight excluding hydrogens is 278 g/mol. The number of nitrogens with one attached hydrogen (secondary N) is 2. The van der Waals surface area contributed by atoms with Crippen LogP contribution in [0.5, 0.6) is 5.88 Å². The van der Waals surface area contributed by atoms with E-state index in [0.29, 0.717) is 11.9 Å². The Morgan fingerprint density at radius 1 is 1.14 bits per heavy atom. The van der Waals surface area contributed by atoms with E-state index >= 15 is 0 Å². The van der Waals surface area contributed by atoms with Gasteiger partial charge in [-0.05, 0) is 46.5 Å². The maximum atomic E-state index is 11.1. The molecule has 3 N–H and O–H groups in total. The van der Waals surface area contributed by atoms with Gasteiger partial charge in [-0.2, -0.15) is 0 Å². The van der Waals surface area contributed by atoms with Gasteiger partial charge in [0.1, 0.15) is 0 Å². The van der Waals surface area contributed by atoms with Crippen molar-refractivity contribution in [2.24, 2.45) is 5.18 Å². The summed E-state index contributed by atoms with van der Waals surface area (Å²) in [5.74, 6) is -0.164. The number of rotatable bonds is 2. The SMILES string of the molecule is O=Nc1c(O)[nH]c2c3c(c(-c4ccccc4)cc12)CCNC3. The van der Waals surface area contributed by atoms with Crippen molar-refractivity contribution >= 4 is 16.6 Å². The number of benzene rings is 2. The van der Waals surface area contributed by atoms with E-state index in [-0.39, 0.29) is 11.6 Å². The Kier molecular flexibility index (Phi) is 2.94. The molecule has 0 spiro atoms. The van der Waals surface area contributed by atoms with Crippen molar-refractivity contribution in [3.05, 3.63) is 52.4 Å². The summed E-state index contributed by atoms with van der Waals surface area (Å²) >= 11 is 0. The Labute approximate surface area is 127 Å². The number of nitrogens with zero attached hydrogens (tertiary/aromatic N) is 1. The van der Waals surface area contributed by atoms with Crippen molar-refractivity contribution in [2.45, 2.75) is 13.0 Å². The number of aromatic nitrogens is 1. The van der Waals surface area contributed by atoms with E-state index in [1.165, 1.54) is 5.56 Å². The minimum Gasteiger partial charge on any atom is -0.493 e. The fraction of sp³-hybridized carbons (Fsp3) is 0.176. The van der Waals surface area contributed by atoms with Crippen LogP contribution >= 0.6 is 0 Å². The number of H-pyrrole nitrogens is 1. The van der Waals surface area contributed by atoms with Gasteiger partial charge in [0.05, 0.1) is 5.52 Å². The summed E-state index contributed by atoms with van der Waals surface area (Å²) in [6.07, 6.45) is 0.916. The molecule has 1 aliphatic rings. The zero-order valence-electron chi connectivity index (χ0n) is 11.9. The van der Waals surface area contributed by atoms with Crippen molar-refractivity contribution in [1.29, 1.82) is 0 Å². The number of aromatic amines is 1. The van der Waals surface area contributed by atoms with Crippen molar-refractivity contribution in [3.8, 4) is 17.0 Å². The van der Waals surface area contributed by atoms with Crippen LogP contribution in [0, 0.1) is 4.91 Å². The second kappa shape index (κ2) is 4.96. The van der Waals surface area contributed by atoms with Crippen molar-refractivity contribution in [1.82, 2.24) is 10.3 Å². The van der Waals surface area contributed by atoms with Crippen LogP contribution < -0.4 is 5.32 Å². The van der Waals surface area contributed by atoms with Crippen molar-refractivity contribution < 1.29 is 5.11 Å². The topological polar surface area (TPSA) is 77.5 Å². The number of hydrogen-bond donors (Lipinski definition) is 3. The molecule has 0 aliphatic carbocycles. The van der Waals surface area contributed by atoms with Gasteiger partial charge in [-0.25, -0.2) is 0 Å². The van der Waals surface area contributed by atoms with Crippen LogP contribution in [0.4, 0.5) is 5.69 Å². The highest BCUT2D eigenvalue weighted by Gasteiger charge is 2.22. The molecule has 2 aromatic carbocycles. The minimum absolute atomic E-state index is 0.0838. The van der Waals surface area contributed by atoms with Crippen LogP contribution in [0.2, 0.25) is 0 Å². The quantitative estimate of drug-likeness (QED) is 0.632.